The second-order valence-electron chi connectivity index (χ2n) is 3.79. The third-order valence-electron chi connectivity index (χ3n) is 1.16. The van der Waals surface area contributed by atoms with Crippen molar-refractivity contribution in [2.45, 2.75) is 26.4 Å². The summed E-state index contributed by atoms with van der Waals surface area (Å²) >= 11 is 0. The molecule has 0 aliphatic carbocycles. The first-order valence-corrected chi connectivity index (χ1v) is 4.54. The summed E-state index contributed by atoms with van der Waals surface area (Å²) in [7, 11) is 0. The molecule has 0 aliphatic rings. The standard InChI is InChI=1S/C9H17N3O3/c1-9(2,3)15-8(13)12-4-5-14-7(11)6-10/h6,10-11H,4-5H2,1-3H3,(H,12,13). The third kappa shape index (κ3) is 8.73. The van der Waals surface area contributed by atoms with Crippen LogP contribution in [0.5, 0.6) is 0 Å². The van der Waals surface area contributed by atoms with Crippen LogP contribution in [0, 0.1) is 10.8 Å². The molecule has 15 heavy (non-hydrogen) atoms. The summed E-state index contributed by atoms with van der Waals surface area (Å²) in [6.45, 7) is 5.70. The Labute approximate surface area is 89.0 Å². The summed E-state index contributed by atoms with van der Waals surface area (Å²) in [6.07, 6.45) is 0.264. The van der Waals surface area contributed by atoms with Gasteiger partial charge in [-0.1, -0.05) is 0 Å². The lowest BCUT2D eigenvalue weighted by Gasteiger charge is -2.19. The van der Waals surface area contributed by atoms with Crippen LogP contribution in [0.25, 0.3) is 0 Å². The Morgan fingerprint density at radius 1 is 1.47 bits per heavy atom. The van der Waals surface area contributed by atoms with Crippen LogP contribution in [-0.4, -0.2) is 37.0 Å². The smallest absolute Gasteiger partial charge is 0.407 e. The first-order chi connectivity index (χ1) is 6.85. The van der Waals surface area contributed by atoms with E-state index in [1.165, 1.54) is 0 Å². The SMILES string of the molecule is CC(C)(C)OC(=O)NCCOC(=N)C=N. The Kier molecular flexibility index (Phi) is 5.36. The van der Waals surface area contributed by atoms with Crippen molar-refractivity contribution in [3.8, 4) is 0 Å². The van der Waals surface area contributed by atoms with E-state index in [0.29, 0.717) is 0 Å². The van der Waals surface area contributed by atoms with Crippen LogP contribution in [0.2, 0.25) is 0 Å². The molecule has 0 aromatic carbocycles. The number of carbonyl (C=O) groups excluding carboxylic acids is 1. The van der Waals surface area contributed by atoms with Crippen molar-refractivity contribution in [1.82, 2.24) is 5.32 Å². The van der Waals surface area contributed by atoms with Crippen LogP contribution in [0.3, 0.4) is 0 Å². The summed E-state index contributed by atoms with van der Waals surface area (Å²) in [6, 6.07) is 0. The van der Waals surface area contributed by atoms with Gasteiger partial charge in [-0.25, -0.2) is 4.79 Å². The molecule has 0 saturated heterocycles. The molecule has 0 aromatic heterocycles. The van der Waals surface area contributed by atoms with E-state index in [-0.39, 0.29) is 19.0 Å². The molecule has 0 fully saturated rings. The molecule has 0 aliphatic heterocycles. The van der Waals surface area contributed by atoms with E-state index in [1.54, 1.807) is 20.8 Å². The summed E-state index contributed by atoms with van der Waals surface area (Å²) in [4.78, 5) is 11.1. The van der Waals surface area contributed by atoms with Crippen molar-refractivity contribution < 1.29 is 14.3 Å². The van der Waals surface area contributed by atoms with Gasteiger partial charge < -0.3 is 20.2 Å². The van der Waals surface area contributed by atoms with Crippen LogP contribution in [-0.2, 0) is 9.47 Å². The van der Waals surface area contributed by atoms with Gasteiger partial charge in [0.1, 0.15) is 12.2 Å². The maximum atomic E-state index is 11.1. The summed E-state index contributed by atoms with van der Waals surface area (Å²) in [5.41, 5.74) is -0.521. The molecule has 0 heterocycles. The molecule has 0 saturated carbocycles. The monoisotopic (exact) mass is 215 g/mol. The van der Waals surface area contributed by atoms with Crippen molar-refractivity contribution in [3.63, 3.8) is 0 Å². The lowest BCUT2D eigenvalue weighted by Crippen LogP contribution is -2.34. The molecule has 0 rings (SSSR count). The van der Waals surface area contributed by atoms with Crippen molar-refractivity contribution in [2.75, 3.05) is 13.2 Å². The number of alkyl carbamates (subject to hydrolysis) is 1. The minimum Gasteiger partial charge on any atom is -0.475 e. The zero-order chi connectivity index (χ0) is 11.9. The minimum atomic E-state index is -0.521. The first-order valence-electron chi connectivity index (χ1n) is 4.54. The Morgan fingerprint density at radius 3 is 2.53 bits per heavy atom. The minimum absolute atomic E-state index is 0.146. The predicted octanol–water partition coefficient (Wildman–Crippen LogP) is 1.15. The number of carbonyl (C=O) groups is 1. The normalized spacial score (nSPS) is 10.3. The molecule has 0 atom stereocenters. The molecule has 0 radical (unpaired) electrons. The first kappa shape index (κ1) is 13.4. The van der Waals surface area contributed by atoms with Crippen LogP contribution >= 0.6 is 0 Å². The molecule has 0 spiro atoms. The molecule has 0 unspecified atom stereocenters. The summed E-state index contributed by atoms with van der Waals surface area (Å²) in [5, 5.41) is 16.1. The quantitative estimate of drug-likeness (QED) is 0.373. The third-order valence-corrected chi connectivity index (χ3v) is 1.16. The number of hydrogen-bond acceptors (Lipinski definition) is 5. The highest BCUT2D eigenvalue weighted by atomic mass is 16.6. The van der Waals surface area contributed by atoms with E-state index >= 15 is 0 Å². The Balaban J connectivity index is 3.56. The number of amides is 1. The average Bonchev–Trinajstić information content (AvgIpc) is 2.09. The van der Waals surface area contributed by atoms with Gasteiger partial charge >= 0.3 is 6.09 Å². The Morgan fingerprint density at radius 2 is 2.07 bits per heavy atom. The fourth-order valence-corrected chi connectivity index (χ4v) is 0.670. The topological polar surface area (TPSA) is 95.3 Å². The maximum absolute atomic E-state index is 11.1. The highest BCUT2D eigenvalue weighted by Gasteiger charge is 2.15. The van der Waals surface area contributed by atoms with Gasteiger partial charge in [-0.15, -0.1) is 0 Å². The summed E-state index contributed by atoms with van der Waals surface area (Å²) in [5.74, 6) is -0.235. The second kappa shape index (κ2) is 6.00. The predicted molar refractivity (Wildman–Crippen MR) is 56.7 cm³/mol. The zero-order valence-electron chi connectivity index (χ0n) is 9.22. The van der Waals surface area contributed by atoms with Crippen LogP contribution in [0.4, 0.5) is 4.79 Å². The van der Waals surface area contributed by atoms with E-state index in [0.717, 1.165) is 6.21 Å². The van der Waals surface area contributed by atoms with Crippen LogP contribution in [0.1, 0.15) is 20.8 Å². The lowest BCUT2D eigenvalue weighted by atomic mass is 10.2. The molecule has 0 bridgehead atoms. The van der Waals surface area contributed by atoms with Gasteiger partial charge in [0, 0.05) is 0 Å². The highest BCUT2D eigenvalue weighted by molar-refractivity contribution is 6.23. The second-order valence-corrected chi connectivity index (χ2v) is 3.79. The van der Waals surface area contributed by atoms with Crippen molar-refractivity contribution in [2.24, 2.45) is 0 Å². The van der Waals surface area contributed by atoms with Gasteiger partial charge in [-0.05, 0) is 20.8 Å². The van der Waals surface area contributed by atoms with E-state index in [9.17, 15) is 4.79 Å². The molecular formula is C9H17N3O3. The largest absolute Gasteiger partial charge is 0.475 e. The summed E-state index contributed by atoms with van der Waals surface area (Å²) < 4.78 is 9.71. The Bertz CT molecular complexity index is 245. The molecule has 6 heteroatoms. The van der Waals surface area contributed by atoms with E-state index < -0.39 is 11.7 Å². The van der Waals surface area contributed by atoms with Crippen LogP contribution in [0.15, 0.2) is 0 Å². The van der Waals surface area contributed by atoms with Crippen molar-refractivity contribution in [1.29, 1.82) is 10.8 Å². The van der Waals surface area contributed by atoms with Gasteiger partial charge in [0.25, 0.3) is 0 Å². The van der Waals surface area contributed by atoms with Crippen molar-refractivity contribution >= 4 is 18.2 Å². The fourth-order valence-electron chi connectivity index (χ4n) is 0.670. The van der Waals surface area contributed by atoms with Gasteiger partial charge in [0.05, 0.1) is 12.8 Å². The molecular weight excluding hydrogens is 198 g/mol. The van der Waals surface area contributed by atoms with Gasteiger partial charge in [-0.3, -0.25) is 5.41 Å². The number of hydrogen-bond donors (Lipinski definition) is 3. The fraction of sp³-hybridized carbons (Fsp3) is 0.667. The Hall–Kier alpha value is -1.59. The lowest BCUT2D eigenvalue weighted by molar-refractivity contribution is 0.0519. The van der Waals surface area contributed by atoms with E-state index in [1.807, 2.05) is 0 Å². The van der Waals surface area contributed by atoms with Gasteiger partial charge in [0.2, 0.25) is 5.90 Å². The molecule has 86 valence electrons. The highest BCUT2D eigenvalue weighted by Crippen LogP contribution is 2.05. The van der Waals surface area contributed by atoms with E-state index in [2.05, 4.69) is 5.32 Å². The number of ether oxygens (including phenoxy) is 2. The molecule has 6 nitrogen and oxygen atoms in total. The van der Waals surface area contributed by atoms with Crippen LogP contribution < -0.4 is 5.32 Å². The molecule has 1 amide bonds. The van der Waals surface area contributed by atoms with Gasteiger partial charge in [-0.2, -0.15) is 0 Å². The average molecular weight is 215 g/mol. The molecule has 0 aromatic rings. The number of rotatable bonds is 4. The van der Waals surface area contributed by atoms with E-state index in [4.69, 9.17) is 20.3 Å². The zero-order valence-corrected chi connectivity index (χ0v) is 9.22. The molecule has 3 N–H and O–H groups in total. The number of nitrogens with one attached hydrogen (secondary N) is 3. The van der Waals surface area contributed by atoms with Crippen molar-refractivity contribution in [3.05, 3.63) is 0 Å². The maximum Gasteiger partial charge on any atom is 0.407 e. The van der Waals surface area contributed by atoms with Gasteiger partial charge in [0.15, 0.2) is 0 Å².